The van der Waals surface area contributed by atoms with Crippen LogP contribution in [0.15, 0.2) is 18.2 Å². The number of halogens is 3. The molecule has 1 aromatic carbocycles. The van der Waals surface area contributed by atoms with Gasteiger partial charge in [0.15, 0.2) is 0 Å². The second-order valence-corrected chi connectivity index (χ2v) is 5.77. The Morgan fingerprint density at radius 1 is 1.25 bits per heavy atom. The number of hydrogen-bond donors (Lipinski definition) is 2. The average molecular weight is 349 g/mol. The summed E-state index contributed by atoms with van der Waals surface area (Å²) in [6, 6.07) is 0.420. The number of carbonyl (C=O) groups is 1. The van der Waals surface area contributed by atoms with Gasteiger partial charge < -0.3 is 14.6 Å². The van der Waals surface area contributed by atoms with Crippen molar-refractivity contribution in [2.75, 3.05) is 14.2 Å². The first-order valence-electron chi connectivity index (χ1n) is 7.37. The number of carboxylic acid groups (broad SMARTS) is 1. The van der Waals surface area contributed by atoms with Crippen LogP contribution in [0.5, 0.6) is 11.5 Å². The highest BCUT2D eigenvalue weighted by Crippen LogP contribution is 2.39. The minimum atomic E-state index is -4.69. The van der Waals surface area contributed by atoms with E-state index in [0.717, 1.165) is 0 Å². The van der Waals surface area contributed by atoms with Gasteiger partial charge in [-0.1, -0.05) is 13.8 Å². The molecule has 0 aliphatic heterocycles. The Bertz CT molecular complexity index is 561. The largest absolute Gasteiger partial charge is 0.497 e. The van der Waals surface area contributed by atoms with Crippen LogP contribution < -0.4 is 14.8 Å². The molecule has 0 bridgehead atoms. The average Bonchev–Trinajstić information content (AvgIpc) is 2.49. The topological polar surface area (TPSA) is 67.8 Å². The molecular weight excluding hydrogens is 327 g/mol. The van der Waals surface area contributed by atoms with Crippen molar-refractivity contribution in [3.05, 3.63) is 23.8 Å². The van der Waals surface area contributed by atoms with Crippen molar-refractivity contribution in [1.29, 1.82) is 0 Å². The summed E-state index contributed by atoms with van der Waals surface area (Å²) in [6.45, 7) is 3.49. The predicted molar refractivity (Wildman–Crippen MR) is 82.4 cm³/mol. The molecule has 136 valence electrons. The van der Waals surface area contributed by atoms with E-state index in [9.17, 15) is 23.1 Å². The Balaban J connectivity index is 3.25. The highest BCUT2D eigenvalue weighted by Gasteiger charge is 2.44. The van der Waals surface area contributed by atoms with Gasteiger partial charge >= 0.3 is 12.1 Å². The van der Waals surface area contributed by atoms with Crippen molar-refractivity contribution < 1.29 is 32.5 Å². The molecule has 0 saturated heterocycles. The zero-order valence-electron chi connectivity index (χ0n) is 14.0. The molecule has 0 heterocycles. The number of rotatable bonds is 8. The van der Waals surface area contributed by atoms with Crippen LogP contribution in [0.2, 0.25) is 0 Å². The van der Waals surface area contributed by atoms with Crippen molar-refractivity contribution in [2.24, 2.45) is 5.92 Å². The van der Waals surface area contributed by atoms with Crippen LogP contribution in [-0.2, 0) is 4.79 Å². The zero-order chi connectivity index (χ0) is 18.5. The third-order valence-corrected chi connectivity index (χ3v) is 3.45. The fourth-order valence-corrected chi connectivity index (χ4v) is 2.33. The number of aliphatic carboxylic acids is 1. The van der Waals surface area contributed by atoms with Gasteiger partial charge in [-0.25, -0.2) is 0 Å². The standard InChI is InChI=1S/C16H22F3NO4/c1-9(2)7-12(15(21)22)20-14(16(17,18)19)11-6-5-10(23-3)8-13(11)24-4/h5-6,8-9,12,14,20H,7H2,1-4H3,(H,21,22)/t12-,14-/m0/s1. The molecule has 0 radical (unpaired) electrons. The van der Waals surface area contributed by atoms with Crippen LogP contribution in [0.25, 0.3) is 0 Å². The van der Waals surface area contributed by atoms with Crippen molar-refractivity contribution in [3.63, 3.8) is 0 Å². The summed E-state index contributed by atoms with van der Waals surface area (Å²) in [5.74, 6) is -1.10. The Hall–Kier alpha value is -1.96. The molecule has 0 spiro atoms. The number of nitrogens with one attached hydrogen (secondary N) is 1. The van der Waals surface area contributed by atoms with Crippen molar-refractivity contribution in [2.45, 2.75) is 38.5 Å². The van der Waals surface area contributed by atoms with Gasteiger partial charge in [-0.3, -0.25) is 10.1 Å². The van der Waals surface area contributed by atoms with Gasteiger partial charge in [0.1, 0.15) is 23.6 Å². The fourth-order valence-electron chi connectivity index (χ4n) is 2.33. The Morgan fingerprint density at radius 3 is 2.29 bits per heavy atom. The van der Waals surface area contributed by atoms with Crippen LogP contribution in [0.3, 0.4) is 0 Å². The molecule has 1 rings (SSSR count). The maximum absolute atomic E-state index is 13.5. The van der Waals surface area contributed by atoms with Crippen LogP contribution in [0.4, 0.5) is 13.2 Å². The SMILES string of the molecule is COc1ccc([C@H](N[C@@H](CC(C)C)C(=O)O)C(F)(F)F)c(OC)c1. The van der Waals surface area contributed by atoms with E-state index >= 15 is 0 Å². The quantitative estimate of drug-likeness (QED) is 0.753. The number of alkyl halides is 3. The van der Waals surface area contributed by atoms with Crippen LogP contribution in [0.1, 0.15) is 31.9 Å². The molecule has 0 saturated carbocycles. The lowest BCUT2D eigenvalue weighted by atomic mass is 9.99. The summed E-state index contributed by atoms with van der Waals surface area (Å²) >= 11 is 0. The Morgan fingerprint density at radius 2 is 1.88 bits per heavy atom. The molecule has 5 nitrogen and oxygen atoms in total. The first-order valence-corrected chi connectivity index (χ1v) is 7.37. The first-order chi connectivity index (χ1) is 11.1. The predicted octanol–water partition coefficient (Wildman–Crippen LogP) is 3.40. The molecule has 0 aromatic heterocycles. The van der Waals surface area contributed by atoms with Crippen molar-refractivity contribution in [1.82, 2.24) is 5.32 Å². The summed E-state index contributed by atoms with van der Waals surface area (Å²) < 4.78 is 50.6. The fraction of sp³-hybridized carbons (Fsp3) is 0.562. The molecule has 2 atom stereocenters. The number of hydrogen-bond acceptors (Lipinski definition) is 4. The van der Waals surface area contributed by atoms with Gasteiger partial charge in [-0.15, -0.1) is 0 Å². The summed E-state index contributed by atoms with van der Waals surface area (Å²) in [7, 11) is 2.63. The lowest BCUT2D eigenvalue weighted by Gasteiger charge is -2.28. The second-order valence-electron chi connectivity index (χ2n) is 5.77. The second kappa shape index (κ2) is 8.23. The molecule has 0 aliphatic rings. The highest BCUT2D eigenvalue weighted by atomic mass is 19.4. The van der Waals surface area contributed by atoms with Gasteiger partial charge in [0.25, 0.3) is 0 Å². The Kier molecular flexibility index (Phi) is 6.89. The van der Waals surface area contributed by atoms with E-state index in [-0.39, 0.29) is 23.7 Å². The maximum atomic E-state index is 13.5. The number of ether oxygens (including phenoxy) is 2. The van der Waals surface area contributed by atoms with Crippen LogP contribution in [-0.4, -0.2) is 37.5 Å². The van der Waals surface area contributed by atoms with E-state index in [2.05, 4.69) is 5.32 Å². The number of methoxy groups -OCH3 is 2. The lowest BCUT2D eigenvalue weighted by Crippen LogP contribution is -2.45. The third kappa shape index (κ3) is 5.30. The normalized spacial score (nSPS) is 14.3. The molecular formula is C16H22F3NO4. The lowest BCUT2D eigenvalue weighted by molar-refractivity contribution is -0.163. The van der Waals surface area contributed by atoms with E-state index in [1.54, 1.807) is 13.8 Å². The van der Waals surface area contributed by atoms with E-state index < -0.39 is 24.2 Å². The molecule has 2 N–H and O–H groups in total. The highest BCUT2D eigenvalue weighted by molar-refractivity contribution is 5.73. The molecule has 0 amide bonds. The molecule has 0 fully saturated rings. The summed E-state index contributed by atoms with van der Waals surface area (Å²) in [4.78, 5) is 11.3. The molecule has 1 aromatic rings. The summed E-state index contributed by atoms with van der Waals surface area (Å²) in [5.41, 5.74) is -0.194. The van der Waals surface area contributed by atoms with Gasteiger partial charge in [0.2, 0.25) is 0 Å². The van der Waals surface area contributed by atoms with Crippen LogP contribution >= 0.6 is 0 Å². The zero-order valence-corrected chi connectivity index (χ0v) is 14.0. The molecule has 8 heteroatoms. The minimum Gasteiger partial charge on any atom is -0.497 e. The molecule has 0 unspecified atom stereocenters. The van der Waals surface area contributed by atoms with Crippen molar-refractivity contribution >= 4 is 5.97 Å². The molecule has 24 heavy (non-hydrogen) atoms. The number of carboxylic acids is 1. The third-order valence-electron chi connectivity index (χ3n) is 3.45. The summed E-state index contributed by atoms with van der Waals surface area (Å²) in [5, 5.41) is 11.4. The van der Waals surface area contributed by atoms with Gasteiger partial charge in [0.05, 0.1) is 14.2 Å². The van der Waals surface area contributed by atoms with E-state index in [1.165, 1.54) is 32.4 Å². The van der Waals surface area contributed by atoms with Gasteiger partial charge in [-0.05, 0) is 24.5 Å². The van der Waals surface area contributed by atoms with E-state index in [1.807, 2.05) is 0 Å². The van der Waals surface area contributed by atoms with Crippen LogP contribution in [0, 0.1) is 5.92 Å². The minimum absolute atomic E-state index is 0.0298. The monoisotopic (exact) mass is 349 g/mol. The van der Waals surface area contributed by atoms with Crippen molar-refractivity contribution in [3.8, 4) is 11.5 Å². The van der Waals surface area contributed by atoms with Gasteiger partial charge in [0, 0.05) is 11.6 Å². The molecule has 0 aliphatic carbocycles. The van der Waals surface area contributed by atoms with E-state index in [0.29, 0.717) is 5.75 Å². The first kappa shape index (κ1) is 20.1. The van der Waals surface area contributed by atoms with Gasteiger partial charge in [-0.2, -0.15) is 13.2 Å². The maximum Gasteiger partial charge on any atom is 0.408 e. The number of benzene rings is 1. The van der Waals surface area contributed by atoms with E-state index in [4.69, 9.17) is 9.47 Å². The Labute approximate surface area is 138 Å². The summed E-state index contributed by atoms with van der Waals surface area (Å²) in [6.07, 6.45) is -4.62. The smallest absolute Gasteiger partial charge is 0.408 e.